The van der Waals surface area contributed by atoms with Crippen molar-refractivity contribution in [2.24, 2.45) is 7.05 Å². The monoisotopic (exact) mass is 268 g/mol. The molecule has 0 aromatic carbocycles. The fourth-order valence-corrected chi connectivity index (χ4v) is 3.64. The Morgan fingerprint density at radius 2 is 2.17 bits per heavy atom. The predicted octanol–water partition coefficient (Wildman–Crippen LogP) is 2.82. The third-order valence-corrected chi connectivity index (χ3v) is 4.91. The van der Waals surface area contributed by atoms with E-state index in [-0.39, 0.29) is 0 Å². The Hall–Kier alpha value is -0.840. The minimum atomic E-state index is 0.367. The Kier molecular flexibility index (Phi) is 4.10. The number of aryl methyl sites for hydroxylation is 1. The summed E-state index contributed by atoms with van der Waals surface area (Å²) in [7, 11) is 1.97. The normalized spacial score (nSPS) is 23.8. The molecule has 0 aliphatic heterocycles. The minimum Gasteiger partial charge on any atom is -0.394 e. The molecule has 1 aromatic rings. The number of nitrogens with zero attached hydrogens (tertiary/aromatic N) is 2. The summed E-state index contributed by atoms with van der Waals surface area (Å²) in [5.74, 6) is 1.36. The molecule has 5 heteroatoms. The number of rotatable bonds is 4. The van der Waals surface area contributed by atoms with Gasteiger partial charge in [-0.05, 0) is 25.0 Å². The van der Waals surface area contributed by atoms with Gasteiger partial charge in [0.1, 0.15) is 5.82 Å². The highest BCUT2D eigenvalue weighted by atomic mass is 32.2. The highest BCUT2D eigenvalue weighted by molar-refractivity contribution is 7.99. The summed E-state index contributed by atoms with van der Waals surface area (Å²) in [6.45, 7) is 4.26. The maximum Gasteiger partial charge on any atom is 0.148 e. The lowest BCUT2D eigenvalue weighted by molar-refractivity contribution is 0.696. The first kappa shape index (κ1) is 13.6. The molecule has 18 heavy (non-hydrogen) atoms. The molecule has 0 amide bonds. The van der Waals surface area contributed by atoms with E-state index in [4.69, 9.17) is 5.73 Å². The van der Waals surface area contributed by atoms with Crippen LogP contribution >= 0.6 is 11.8 Å². The van der Waals surface area contributed by atoms with E-state index in [1.165, 1.54) is 19.3 Å². The van der Waals surface area contributed by atoms with Gasteiger partial charge in [-0.15, -0.1) is 0 Å². The molecule has 1 aliphatic carbocycles. The molecule has 2 unspecified atom stereocenters. The van der Waals surface area contributed by atoms with E-state index in [9.17, 15) is 0 Å². The zero-order valence-corrected chi connectivity index (χ0v) is 12.5. The van der Waals surface area contributed by atoms with Crippen LogP contribution in [0.2, 0.25) is 0 Å². The summed E-state index contributed by atoms with van der Waals surface area (Å²) >= 11 is 1.95. The van der Waals surface area contributed by atoms with Gasteiger partial charge >= 0.3 is 0 Å². The van der Waals surface area contributed by atoms with Gasteiger partial charge in [0.2, 0.25) is 0 Å². The van der Waals surface area contributed by atoms with Crippen LogP contribution in [0, 0.1) is 0 Å². The van der Waals surface area contributed by atoms with Gasteiger partial charge in [-0.25, -0.2) is 0 Å². The number of nitrogens with two attached hydrogens (primary N) is 1. The number of nitrogens with one attached hydrogen (secondary N) is 1. The van der Waals surface area contributed by atoms with Crippen LogP contribution in [0.1, 0.15) is 44.7 Å². The molecule has 2 rings (SSSR count). The molecule has 1 heterocycles. The molecule has 1 aliphatic rings. The molecule has 2 atom stereocenters. The summed E-state index contributed by atoms with van der Waals surface area (Å²) in [4.78, 5) is 0. The third kappa shape index (κ3) is 2.46. The lowest BCUT2D eigenvalue weighted by Gasteiger charge is -2.20. The van der Waals surface area contributed by atoms with Crippen LogP contribution in [0.25, 0.3) is 0 Å². The zero-order chi connectivity index (χ0) is 13.3. The van der Waals surface area contributed by atoms with Crippen LogP contribution in [0.15, 0.2) is 0 Å². The summed E-state index contributed by atoms with van der Waals surface area (Å²) in [5.41, 5.74) is 8.04. The van der Waals surface area contributed by atoms with Crippen LogP contribution in [-0.4, -0.2) is 27.3 Å². The van der Waals surface area contributed by atoms with Crippen molar-refractivity contribution < 1.29 is 0 Å². The van der Waals surface area contributed by atoms with Crippen molar-refractivity contribution in [2.45, 2.75) is 50.3 Å². The van der Waals surface area contributed by atoms with Gasteiger partial charge in [-0.1, -0.05) is 20.3 Å². The van der Waals surface area contributed by atoms with E-state index in [0.29, 0.717) is 17.2 Å². The first-order chi connectivity index (χ1) is 8.54. The predicted molar refractivity (Wildman–Crippen MR) is 80.3 cm³/mol. The maximum absolute atomic E-state index is 6.22. The number of anilines is 2. The standard InChI is InChI=1S/C13H24N4S/c1-8(2)12-11(14)13(17(3)16-12)15-9-6-5-7-10(9)18-4/h8-10,15H,5-7,14H2,1-4H3. The van der Waals surface area contributed by atoms with E-state index in [1.54, 1.807) is 0 Å². The van der Waals surface area contributed by atoms with E-state index in [0.717, 1.165) is 17.2 Å². The van der Waals surface area contributed by atoms with Crippen LogP contribution < -0.4 is 11.1 Å². The SMILES string of the molecule is CSC1CCCC1Nc1c(N)c(C(C)C)nn1C. The molecule has 3 N–H and O–H groups in total. The summed E-state index contributed by atoms with van der Waals surface area (Å²) in [6.07, 6.45) is 6.02. The number of nitrogen functional groups attached to an aromatic ring is 1. The van der Waals surface area contributed by atoms with E-state index < -0.39 is 0 Å². The zero-order valence-electron chi connectivity index (χ0n) is 11.7. The number of hydrogen-bond acceptors (Lipinski definition) is 4. The third-order valence-electron chi connectivity index (χ3n) is 3.74. The molecular weight excluding hydrogens is 244 g/mol. The molecule has 0 bridgehead atoms. The highest BCUT2D eigenvalue weighted by Gasteiger charge is 2.28. The molecule has 1 aromatic heterocycles. The smallest absolute Gasteiger partial charge is 0.148 e. The molecule has 0 spiro atoms. The van der Waals surface area contributed by atoms with Gasteiger partial charge < -0.3 is 11.1 Å². The molecule has 1 saturated carbocycles. The summed E-state index contributed by atoms with van der Waals surface area (Å²) in [6, 6.07) is 0.526. The van der Waals surface area contributed by atoms with Crippen LogP contribution in [0.4, 0.5) is 11.5 Å². The average Bonchev–Trinajstić information content (AvgIpc) is 2.88. The van der Waals surface area contributed by atoms with E-state index in [1.807, 2.05) is 23.5 Å². The van der Waals surface area contributed by atoms with Gasteiger partial charge in [0.25, 0.3) is 0 Å². The number of thioether (sulfide) groups is 1. The fourth-order valence-electron chi connectivity index (χ4n) is 2.71. The molecule has 102 valence electrons. The number of hydrogen-bond donors (Lipinski definition) is 2. The van der Waals surface area contributed by atoms with Gasteiger partial charge in [0.15, 0.2) is 0 Å². The second-order valence-corrected chi connectivity index (χ2v) is 6.46. The van der Waals surface area contributed by atoms with Crippen molar-refractivity contribution in [3.63, 3.8) is 0 Å². The largest absolute Gasteiger partial charge is 0.394 e. The Bertz CT molecular complexity index is 413. The number of aromatic nitrogens is 2. The first-order valence-corrected chi connectivity index (χ1v) is 7.95. The van der Waals surface area contributed by atoms with Crippen LogP contribution in [0.3, 0.4) is 0 Å². The minimum absolute atomic E-state index is 0.367. The van der Waals surface area contributed by atoms with E-state index >= 15 is 0 Å². The first-order valence-electron chi connectivity index (χ1n) is 6.66. The van der Waals surface area contributed by atoms with E-state index in [2.05, 4.69) is 30.5 Å². The second kappa shape index (κ2) is 5.43. The lowest BCUT2D eigenvalue weighted by atomic mass is 10.1. The van der Waals surface area contributed by atoms with Crippen molar-refractivity contribution in [2.75, 3.05) is 17.3 Å². The van der Waals surface area contributed by atoms with Gasteiger partial charge in [0.05, 0.1) is 11.4 Å². The Balaban J connectivity index is 2.18. The summed E-state index contributed by atoms with van der Waals surface area (Å²) < 4.78 is 1.89. The molecule has 0 radical (unpaired) electrons. The molecule has 0 saturated heterocycles. The fraction of sp³-hybridized carbons (Fsp3) is 0.769. The van der Waals surface area contributed by atoms with Crippen LogP contribution in [-0.2, 0) is 7.05 Å². The molecule has 4 nitrogen and oxygen atoms in total. The lowest BCUT2D eigenvalue weighted by Crippen LogP contribution is -2.27. The topological polar surface area (TPSA) is 55.9 Å². The average molecular weight is 268 g/mol. The van der Waals surface area contributed by atoms with Crippen molar-refractivity contribution in [1.82, 2.24) is 9.78 Å². The Labute approximate surface area is 114 Å². The van der Waals surface area contributed by atoms with Crippen molar-refractivity contribution in [3.8, 4) is 0 Å². The van der Waals surface area contributed by atoms with Gasteiger partial charge in [-0.3, -0.25) is 4.68 Å². The summed E-state index contributed by atoms with van der Waals surface area (Å²) in [5, 5.41) is 8.83. The van der Waals surface area contributed by atoms with Gasteiger partial charge in [0, 0.05) is 18.3 Å². The molecule has 1 fully saturated rings. The quantitative estimate of drug-likeness (QED) is 0.881. The Morgan fingerprint density at radius 1 is 1.44 bits per heavy atom. The van der Waals surface area contributed by atoms with Crippen LogP contribution in [0.5, 0.6) is 0 Å². The van der Waals surface area contributed by atoms with Crippen molar-refractivity contribution >= 4 is 23.3 Å². The van der Waals surface area contributed by atoms with Crippen molar-refractivity contribution in [3.05, 3.63) is 5.69 Å². The van der Waals surface area contributed by atoms with Gasteiger partial charge in [-0.2, -0.15) is 16.9 Å². The maximum atomic E-state index is 6.22. The van der Waals surface area contributed by atoms with Crippen molar-refractivity contribution in [1.29, 1.82) is 0 Å². The second-order valence-electron chi connectivity index (χ2n) is 5.38. The highest BCUT2D eigenvalue weighted by Crippen LogP contribution is 2.34. The Morgan fingerprint density at radius 3 is 2.72 bits per heavy atom. The molecular formula is C13H24N4S.